The van der Waals surface area contributed by atoms with Gasteiger partial charge in [0.25, 0.3) is 10.0 Å². The van der Waals surface area contributed by atoms with Crippen LogP contribution in [0.5, 0.6) is 5.75 Å². The first-order valence-corrected chi connectivity index (χ1v) is 9.14. The molecule has 0 fully saturated rings. The Morgan fingerprint density at radius 2 is 1.58 bits per heavy atom. The van der Waals surface area contributed by atoms with Gasteiger partial charge in [0.05, 0.1) is 28.7 Å². The monoisotopic (exact) mass is 375 g/mol. The van der Waals surface area contributed by atoms with Crippen LogP contribution in [-0.2, 0) is 10.0 Å². The number of ether oxygens (including phenoxy) is 1. The van der Waals surface area contributed by atoms with Crippen molar-refractivity contribution in [2.75, 3.05) is 11.8 Å². The Morgan fingerprint density at radius 3 is 2.19 bits per heavy atom. The maximum atomic E-state index is 12.9. The molecule has 1 heterocycles. The molecule has 136 valence electrons. The lowest BCUT2D eigenvalue weighted by atomic mass is 10.2. The number of benzene rings is 2. The Balaban J connectivity index is 2.14. The van der Waals surface area contributed by atoms with Gasteiger partial charge in [-0.1, -0.05) is 6.07 Å². The lowest BCUT2D eigenvalue weighted by molar-refractivity contribution is 0.417. The van der Waals surface area contributed by atoms with E-state index in [0.717, 1.165) is 5.56 Å². The number of sulfonamides is 1. The Kier molecular flexibility index (Phi) is 4.33. The molecule has 9 heteroatoms. The predicted octanol–water partition coefficient (Wildman–Crippen LogP) is 1.64. The average Bonchev–Trinajstić information content (AvgIpc) is 2.55. The summed E-state index contributed by atoms with van der Waals surface area (Å²) < 4.78 is 33.4. The maximum Gasteiger partial charge on any atom is 0.314 e. The zero-order valence-electron chi connectivity index (χ0n) is 14.3. The van der Waals surface area contributed by atoms with Crippen molar-refractivity contribution in [2.45, 2.75) is 18.7 Å². The summed E-state index contributed by atoms with van der Waals surface area (Å²) in [5.41, 5.74) is 0.506. The van der Waals surface area contributed by atoms with Crippen molar-refractivity contribution in [2.24, 2.45) is 0 Å². The second kappa shape index (κ2) is 6.34. The number of aromatic nitrogens is 2. The predicted molar refractivity (Wildman–Crippen MR) is 98.5 cm³/mol. The van der Waals surface area contributed by atoms with Crippen molar-refractivity contribution in [3.8, 4) is 5.75 Å². The molecule has 0 bridgehead atoms. The van der Waals surface area contributed by atoms with Gasteiger partial charge in [-0.15, -0.1) is 0 Å². The number of fused-ring (bicyclic) bond motifs is 1. The van der Waals surface area contributed by atoms with Gasteiger partial charge in [0.1, 0.15) is 5.75 Å². The largest absolute Gasteiger partial charge is 0.495 e. The lowest BCUT2D eigenvalue weighted by Crippen LogP contribution is -2.29. The molecule has 0 spiro atoms. The Labute approximate surface area is 148 Å². The molecule has 1 aromatic heterocycles. The molecule has 2 aromatic carbocycles. The first kappa shape index (κ1) is 17.7. The topological polar surface area (TPSA) is 121 Å². The van der Waals surface area contributed by atoms with E-state index in [1.807, 2.05) is 6.92 Å². The molecule has 0 unspecified atom stereocenters. The molecule has 3 rings (SSSR count). The van der Waals surface area contributed by atoms with E-state index in [4.69, 9.17) is 4.74 Å². The molecule has 0 saturated carbocycles. The van der Waals surface area contributed by atoms with Gasteiger partial charge in [-0.2, -0.15) is 0 Å². The number of H-pyrrole nitrogens is 2. The summed E-state index contributed by atoms with van der Waals surface area (Å²) in [6, 6.07) is 7.94. The van der Waals surface area contributed by atoms with Crippen LogP contribution in [0.4, 0.5) is 5.69 Å². The van der Waals surface area contributed by atoms with Gasteiger partial charge in [-0.25, -0.2) is 8.42 Å². The van der Waals surface area contributed by atoms with Crippen LogP contribution in [0.25, 0.3) is 11.0 Å². The van der Waals surface area contributed by atoms with Crippen LogP contribution in [0.2, 0.25) is 0 Å². The number of anilines is 1. The van der Waals surface area contributed by atoms with E-state index in [0.29, 0.717) is 22.5 Å². The SMILES string of the molecule is COc1ccc(C)cc1NS(=O)(=O)c1cc2[nH]c(=O)c(=O)[nH]c2cc1C. The molecule has 3 aromatic rings. The fourth-order valence-electron chi connectivity index (χ4n) is 2.64. The summed E-state index contributed by atoms with van der Waals surface area (Å²) in [6.07, 6.45) is 0. The third-order valence-electron chi connectivity index (χ3n) is 3.91. The zero-order valence-corrected chi connectivity index (χ0v) is 15.2. The third-order valence-corrected chi connectivity index (χ3v) is 5.41. The second-order valence-electron chi connectivity index (χ2n) is 5.88. The van der Waals surface area contributed by atoms with Gasteiger partial charge in [-0.3, -0.25) is 14.3 Å². The van der Waals surface area contributed by atoms with Crippen LogP contribution in [-0.4, -0.2) is 25.5 Å². The highest BCUT2D eigenvalue weighted by Gasteiger charge is 2.20. The van der Waals surface area contributed by atoms with E-state index in [-0.39, 0.29) is 10.4 Å². The highest BCUT2D eigenvalue weighted by molar-refractivity contribution is 7.92. The van der Waals surface area contributed by atoms with Crippen molar-refractivity contribution in [3.63, 3.8) is 0 Å². The summed E-state index contributed by atoms with van der Waals surface area (Å²) in [4.78, 5) is 27.7. The van der Waals surface area contributed by atoms with E-state index < -0.39 is 21.1 Å². The van der Waals surface area contributed by atoms with Crippen LogP contribution < -0.4 is 20.6 Å². The minimum absolute atomic E-state index is 0.0174. The normalized spacial score (nSPS) is 11.5. The molecule has 0 aliphatic rings. The van der Waals surface area contributed by atoms with Crippen molar-refractivity contribution in [1.82, 2.24) is 9.97 Å². The van der Waals surface area contributed by atoms with Gasteiger partial charge >= 0.3 is 11.1 Å². The summed E-state index contributed by atoms with van der Waals surface area (Å²) >= 11 is 0. The first-order chi connectivity index (χ1) is 12.2. The summed E-state index contributed by atoms with van der Waals surface area (Å²) in [6.45, 7) is 3.44. The van der Waals surface area contributed by atoms with Crippen molar-refractivity contribution < 1.29 is 13.2 Å². The maximum absolute atomic E-state index is 12.9. The molecule has 8 nitrogen and oxygen atoms in total. The fraction of sp³-hybridized carbons (Fsp3) is 0.176. The van der Waals surface area contributed by atoms with Crippen molar-refractivity contribution >= 4 is 26.7 Å². The molecule has 26 heavy (non-hydrogen) atoms. The highest BCUT2D eigenvalue weighted by atomic mass is 32.2. The summed E-state index contributed by atoms with van der Waals surface area (Å²) in [5.74, 6) is 0.385. The van der Waals surface area contributed by atoms with Crippen molar-refractivity contribution in [1.29, 1.82) is 0 Å². The summed E-state index contributed by atoms with van der Waals surface area (Å²) in [5, 5.41) is 0. The number of hydrogen-bond donors (Lipinski definition) is 3. The molecular weight excluding hydrogens is 358 g/mol. The standard InChI is InChI=1S/C17H17N3O5S/c1-9-4-5-14(25-3)13(6-9)20-26(23,24)15-8-12-11(7-10(15)2)18-16(21)17(22)19-12/h4-8,20H,1-3H3,(H,18,21)(H,19,22). The first-order valence-electron chi connectivity index (χ1n) is 7.65. The van der Waals surface area contributed by atoms with Crippen LogP contribution in [0.1, 0.15) is 11.1 Å². The third kappa shape index (κ3) is 3.21. The molecule has 0 radical (unpaired) electrons. The molecule has 0 saturated heterocycles. The molecule has 0 atom stereocenters. The molecule has 0 amide bonds. The zero-order chi connectivity index (χ0) is 19.1. The van der Waals surface area contributed by atoms with Gasteiger partial charge in [0.15, 0.2) is 0 Å². The van der Waals surface area contributed by atoms with E-state index in [9.17, 15) is 18.0 Å². The second-order valence-corrected chi connectivity index (χ2v) is 7.53. The van der Waals surface area contributed by atoms with E-state index in [1.54, 1.807) is 25.1 Å². The minimum Gasteiger partial charge on any atom is -0.495 e. The molecule has 0 aliphatic heterocycles. The fourth-order valence-corrected chi connectivity index (χ4v) is 3.96. The molecule has 0 aliphatic carbocycles. The van der Waals surface area contributed by atoms with Crippen LogP contribution in [0.3, 0.4) is 0 Å². The molecular formula is C17H17N3O5S. The number of aromatic amines is 2. The number of methoxy groups -OCH3 is 1. The van der Waals surface area contributed by atoms with Gasteiger partial charge in [-0.05, 0) is 49.2 Å². The lowest BCUT2D eigenvalue weighted by Gasteiger charge is -2.14. The van der Waals surface area contributed by atoms with E-state index in [1.165, 1.54) is 19.2 Å². The van der Waals surface area contributed by atoms with Crippen LogP contribution in [0, 0.1) is 13.8 Å². The van der Waals surface area contributed by atoms with Crippen LogP contribution in [0.15, 0.2) is 44.8 Å². The smallest absolute Gasteiger partial charge is 0.314 e. The van der Waals surface area contributed by atoms with Crippen molar-refractivity contribution in [3.05, 3.63) is 62.2 Å². The van der Waals surface area contributed by atoms with E-state index in [2.05, 4.69) is 14.7 Å². The quantitative estimate of drug-likeness (QED) is 0.599. The van der Waals surface area contributed by atoms with Gasteiger partial charge < -0.3 is 14.7 Å². The van der Waals surface area contributed by atoms with Gasteiger partial charge in [0, 0.05) is 0 Å². The Morgan fingerprint density at radius 1 is 0.962 bits per heavy atom. The Bertz CT molecular complexity index is 1230. The van der Waals surface area contributed by atoms with E-state index >= 15 is 0 Å². The average molecular weight is 375 g/mol. The number of nitrogens with one attached hydrogen (secondary N) is 3. The number of aryl methyl sites for hydroxylation is 2. The number of hydrogen-bond acceptors (Lipinski definition) is 5. The minimum atomic E-state index is -3.95. The molecule has 3 N–H and O–H groups in total. The van der Waals surface area contributed by atoms with Gasteiger partial charge in [0.2, 0.25) is 0 Å². The summed E-state index contributed by atoms with van der Waals surface area (Å²) in [7, 11) is -2.50. The highest BCUT2D eigenvalue weighted by Crippen LogP contribution is 2.29. The van der Waals surface area contributed by atoms with Crippen LogP contribution >= 0.6 is 0 Å². The Hall–Kier alpha value is -3.07. The number of rotatable bonds is 4.